The van der Waals surface area contributed by atoms with Gasteiger partial charge in [0.25, 0.3) is 6.47 Å². The molecule has 0 aliphatic rings. The fourth-order valence-corrected chi connectivity index (χ4v) is 20.9. The van der Waals surface area contributed by atoms with Crippen LogP contribution in [-0.2, 0) is 65.5 Å². The molecule has 4 aromatic heterocycles. The van der Waals surface area contributed by atoms with Crippen LogP contribution in [0.25, 0.3) is 0 Å². The van der Waals surface area contributed by atoms with Gasteiger partial charge in [0.2, 0.25) is 5.91 Å². The lowest BCUT2D eigenvalue weighted by molar-refractivity contribution is -0.141. The van der Waals surface area contributed by atoms with Gasteiger partial charge in [-0.2, -0.15) is 0 Å². The van der Waals surface area contributed by atoms with Gasteiger partial charge in [-0.15, -0.1) is 45.3 Å². The number of nitrogens with zero attached hydrogens (tertiary/aromatic N) is 1. The van der Waals surface area contributed by atoms with Crippen molar-refractivity contribution in [3.8, 4) is 23.0 Å². The molecule has 1 amide bonds. The van der Waals surface area contributed by atoms with Crippen LogP contribution in [0, 0.1) is 53.3 Å². The van der Waals surface area contributed by atoms with Gasteiger partial charge in [0, 0.05) is 104 Å². The minimum atomic E-state index is -0.122. The maximum Gasteiger partial charge on any atom is 0.306 e. The van der Waals surface area contributed by atoms with Gasteiger partial charge in [-0.05, 0) is 273 Å². The van der Waals surface area contributed by atoms with Crippen LogP contribution in [0.2, 0.25) is 0 Å². The number of amides is 1. The lowest BCUT2D eigenvalue weighted by Gasteiger charge is -2.21. The molecule has 9 aromatic rings. The molecule has 0 fully saturated rings. The number of ketones is 1. The first-order valence-electron chi connectivity index (χ1n) is 52.8. The normalized spacial score (nSPS) is 12.2. The molecule has 2 N–H and O–H groups in total. The molecule has 0 aliphatic heterocycles. The monoisotopic (exact) mass is 2020 g/mol. The summed E-state index contributed by atoms with van der Waals surface area (Å²) in [6.07, 6.45) is 8.59. The van der Waals surface area contributed by atoms with Crippen molar-refractivity contribution in [3.63, 3.8) is 0 Å². The third kappa shape index (κ3) is 51.7. The van der Waals surface area contributed by atoms with E-state index in [4.69, 9.17) is 23.7 Å². The molecule has 4 atom stereocenters. The van der Waals surface area contributed by atoms with Gasteiger partial charge in [0.1, 0.15) is 34.9 Å². The number of carbonyl (C=O) groups is 4. The highest BCUT2D eigenvalue weighted by Crippen LogP contribution is 2.41. The second-order valence-electron chi connectivity index (χ2n) is 44.6. The van der Waals surface area contributed by atoms with Crippen LogP contribution in [0.4, 0.5) is 0 Å². The SMILES string of the molecule is CC(C)Cc1cc(C(C)C)ccc1O.CC(C)Cc1ccc(O)c(C(C)C)c1.CC(C)Cc1cccc(C(C)C)c1.CC(C)c1ccc(C(CC(=O)N(C)C)C(C)C)s1.CC(C)c1ccc(C(OC=O)C(C)C)s1.COC(=O)CC(c1ccc(C(C)C)s1)C(C)C.COCCCC(=O)CC(c1ccc(C(C)C)s1)C(C)C.COc1ccc(C(C)C)cc1CC(C)C.COc1ccc(CC(C)C)cc1C(C)C. The van der Waals surface area contributed by atoms with Crippen LogP contribution >= 0.6 is 45.3 Å². The average Bonchev–Trinajstić information content (AvgIpc) is 1.67. The highest BCUT2D eigenvalue weighted by Gasteiger charge is 2.27. The molecule has 0 saturated carbocycles. The summed E-state index contributed by atoms with van der Waals surface area (Å²) in [6.45, 7) is 80.2. The summed E-state index contributed by atoms with van der Waals surface area (Å²) in [5, 5.41) is 19.3. The van der Waals surface area contributed by atoms with Crippen molar-refractivity contribution in [1.29, 1.82) is 0 Å². The Morgan fingerprint density at radius 3 is 1.06 bits per heavy atom. The molecular weight excluding hydrogens is 1820 g/mol. The quantitative estimate of drug-likeness (QED) is 0.0213. The number of carbonyl (C=O) groups excluding carboxylic acids is 4. The predicted molar refractivity (Wildman–Crippen MR) is 614 cm³/mol. The Bertz CT molecular complexity index is 4890. The molecule has 0 saturated heterocycles. The number of benzene rings is 5. The number of phenolic OH excluding ortho intramolecular Hbond substituents is 2. The van der Waals surface area contributed by atoms with E-state index < -0.39 is 0 Å². The Kier molecular flexibility index (Phi) is 64.4. The summed E-state index contributed by atoms with van der Waals surface area (Å²) in [6, 6.07) is 51.3. The number of aromatic hydroxyl groups is 2. The summed E-state index contributed by atoms with van der Waals surface area (Å²) in [4.78, 5) is 58.2. The fraction of sp³-hybridized carbons (Fsp3) is 0.600. The van der Waals surface area contributed by atoms with Gasteiger partial charge in [0.15, 0.2) is 0 Å². The highest BCUT2D eigenvalue weighted by molar-refractivity contribution is 7.13. The van der Waals surface area contributed by atoms with E-state index in [1.807, 2.05) is 72.4 Å². The molecule has 5 aromatic carbocycles. The predicted octanol–water partition coefficient (Wildman–Crippen LogP) is 36.5. The van der Waals surface area contributed by atoms with Crippen LogP contribution < -0.4 is 9.47 Å². The molecule has 0 aliphatic carbocycles. The zero-order valence-electron chi connectivity index (χ0n) is 96.1. The van der Waals surface area contributed by atoms with Crippen LogP contribution in [0.1, 0.15) is 453 Å². The van der Waals surface area contributed by atoms with Gasteiger partial charge in [-0.3, -0.25) is 19.2 Å². The topological polar surface area (TPSA) is 158 Å². The van der Waals surface area contributed by atoms with Crippen molar-refractivity contribution in [2.75, 3.05) is 49.1 Å². The summed E-state index contributed by atoms with van der Waals surface area (Å²) < 4.78 is 25.6. The summed E-state index contributed by atoms with van der Waals surface area (Å²) in [5.41, 5.74) is 13.1. The summed E-state index contributed by atoms with van der Waals surface area (Å²) in [5.74, 6) is 14.4. The van der Waals surface area contributed by atoms with E-state index in [-0.39, 0.29) is 23.9 Å². The van der Waals surface area contributed by atoms with E-state index in [1.165, 1.54) is 92.2 Å². The first-order valence-corrected chi connectivity index (χ1v) is 56.1. The number of phenols is 2. The van der Waals surface area contributed by atoms with Crippen LogP contribution in [0.5, 0.6) is 23.0 Å². The number of esters is 1. The molecule has 4 unspecified atom stereocenters. The second-order valence-corrected chi connectivity index (χ2v) is 49.2. The molecule has 12 nitrogen and oxygen atoms in total. The number of Topliss-reactive ketones (excluding diaryl/α,β-unsaturated/α-hetero) is 1. The van der Waals surface area contributed by atoms with Crippen molar-refractivity contribution < 1.29 is 53.1 Å². The van der Waals surface area contributed by atoms with Crippen molar-refractivity contribution >= 4 is 69.5 Å². The van der Waals surface area contributed by atoms with Crippen LogP contribution in [0.15, 0.2) is 146 Å². The van der Waals surface area contributed by atoms with Crippen molar-refractivity contribution in [3.05, 3.63) is 240 Å². The Balaban J connectivity index is 0.000000795. The van der Waals surface area contributed by atoms with Gasteiger partial charge >= 0.3 is 5.97 Å². The summed E-state index contributed by atoms with van der Waals surface area (Å²) >= 11 is 7.29. The molecule has 0 radical (unpaired) electrons. The maximum atomic E-state index is 12.1. The number of thiophene rings is 4. The second kappa shape index (κ2) is 69.3. The fourth-order valence-electron chi connectivity index (χ4n) is 15.8. The Morgan fingerprint density at radius 1 is 0.340 bits per heavy atom. The number of hydrogen-bond donors (Lipinski definition) is 2. The lowest BCUT2D eigenvalue weighted by atomic mass is 9.88. The largest absolute Gasteiger partial charge is 0.508 e. The number of rotatable bonds is 41. The van der Waals surface area contributed by atoms with Gasteiger partial charge < -0.3 is 38.8 Å². The first kappa shape index (κ1) is 131. The highest BCUT2D eigenvalue weighted by atomic mass is 32.1. The maximum absolute atomic E-state index is 12.1. The Labute approximate surface area is 877 Å². The van der Waals surface area contributed by atoms with E-state index in [9.17, 15) is 29.4 Å². The Hall–Kier alpha value is -7.86. The zero-order valence-corrected chi connectivity index (χ0v) is 99.3. The molecule has 792 valence electrons. The first-order chi connectivity index (χ1) is 66.0. The van der Waals surface area contributed by atoms with Crippen molar-refractivity contribution in [2.24, 2.45) is 53.3 Å². The molecule has 4 heterocycles. The number of hydrogen-bond acceptors (Lipinski definition) is 15. The molecular formula is C125H197NO11S4. The van der Waals surface area contributed by atoms with Crippen LogP contribution in [0.3, 0.4) is 0 Å². The van der Waals surface area contributed by atoms with E-state index in [2.05, 4.69) is 371 Å². The van der Waals surface area contributed by atoms with E-state index in [0.717, 1.165) is 65.5 Å². The summed E-state index contributed by atoms with van der Waals surface area (Å²) in [7, 11) is 10.3. The smallest absolute Gasteiger partial charge is 0.306 e. The van der Waals surface area contributed by atoms with Crippen molar-refractivity contribution in [2.45, 2.75) is 391 Å². The van der Waals surface area contributed by atoms with Gasteiger partial charge in [0.05, 0.1) is 27.8 Å². The molecule has 16 heteroatoms. The van der Waals surface area contributed by atoms with E-state index in [1.54, 1.807) is 37.6 Å². The van der Waals surface area contributed by atoms with Gasteiger partial charge in [-0.1, -0.05) is 322 Å². The number of ether oxygens (including phenoxy) is 5. The molecule has 0 bridgehead atoms. The Morgan fingerprint density at radius 2 is 0.695 bits per heavy atom. The zero-order chi connectivity index (χ0) is 108. The molecule has 9 rings (SSSR count). The standard InChI is InChI=1S/C17H28O2S.C15H25NOS.C14H22O2S.2C14H22O.2C13H20O.C13H20.C12H18O2S/c1-12(2)15(11-14(18)7-6-10-19-5)17-9-8-16(20-17)13(3)4;1-10(2)12(9-15(17)16(5)6)14-8-7-13(18-14)11(3)4;1-9(2)11(8-14(15)16-5)13-7-6-12(17-13)10(3)4;1-10(2)8-13-9-12(11(3)4)6-7-14(13)15-5;1-10(2)8-12-6-7-14(15-5)13(9-12)11(3)4;1-9(2)7-12-8-11(10(3)4)5-6-13(12)14;1-9(2)7-11-5-6-13(14)12(8-11)10(3)4;1-10(2)8-12-6-5-7-13(9-12)11(3)4;1-8(2)10-5-6-11(15-10)12(9(3)4)14-7-13/h8-9,12-13,15H,6-7,10-11H2,1-5H3;7-8,10-12H,9H2,1-6H3;6-7,9-11H,8H2,1-5H3;2*6-7,9-11H,8H2,1-5H3;2*5-6,8-10,14H,7H2,1-4H3;5-7,9-11H,8H2,1-4H3;5-9,12H,1-4H3. The van der Waals surface area contributed by atoms with Gasteiger partial charge in [-0.25, -0.2) is 0 Å². The minimum absolute atomic E-state index is 0.0972. The lowest BCUT2D eigenvalue weighted by Crippen LogP contribution is -2.24. The molecule has 141 heavy (non-hydrogen) atoms. The van der Waals surface area contributed by atoms with E-state index in [0.29, 0.717) is 168 Å². The molecule has 0 spiro atoms. The average molecular weight is 2020 g/mol. The van der Waals surface area contributed by atoms with Crippen molar-refractivity contribution in [1.82, 2.24) is 4.90 Å². The third-order valence-corrected chi connectivity index (χ3v) is 30.4. The van der Waals surface area contributed by atoms with Crippen LogP contribution in [-0.4, -0.2) is 88.4 Å². The number of methoxy groups -OCH3 is 4. The van der Waals surface area contributed by atoms with E-state index >= 15 is 0 Å². The minimum Gasteiger partial charge on any atom is -0.508 e. The third-order valence-electron chi connectivity index (χ3n) is 24.4.